The Balaban J connectivity index is 2.23. The zero-order valence-corrected chi connectivity index (χ0v) is 12.5. The third-order valence-electron chi connectivity index (χ3n) is 3.26. The standard InChI is InChI=1S/C16H20N2O2/c1-11-7-12-5-6-18(15(19)20-16(2,3)4)10-14(12)13(8-11)9-17/h7-8H,5-6,10H2,1-4H3. The molecule has 106 valence electrons. The van der Waals surface area contributed by atoms with Crippen LogP contribution < -0.4 is 0 Å². The average Bonchev–Trinajstić information content (AvgIpc) is 2.35. The van der Waals surface area contributed by atoms with Crippen LogP contribution in [0.25, 0.3) is 0 Å². The maximum atomic E-state index is 12.1. The number of aryl methyl sites for hydroxylation is 1. The fraction of sp³-hybridized carbons (Fsp3) is 0.500. The van der Waals surface area contributed by atoms with Gasteiger partial charge in [-0.1, -0.05) is 6.07 Å². The summed E-state index contributed by atoms with van der Waals surface area (Å²) in [7, 11) is 0. The van der Waals surface area contributed by atoms with Crippen molar-refractivity contribution in [3.63, 3.8) is 0 Å². The molecule has 1 aliphatic heterocycles. The number of carbonyl (C=O) groups is 1. The quantitative estimate of drug-likeness (QED) is 0.729. The van der Waals surface area contributed by atoms with E-state index in [1.165, 1.54) is 5.56 Å². The highest BCUT2D eigenvalue weighted by Crippen LogP contribution is 2.25. The van der Waals surface area contributed by atoms with Crippen LogP contribution in [0, 0.1) is 18.3 Å². The van der Waals surface area contributed by atoms with Gasteiger partial charge in [-0.05, 0) is 56.9 Å². The molecule has 1 heterocycles. The second-order valence-electron chi connectivity index (χ2n) is 6.21. The van der Waals surface area contributed by atoms with Crippen LogP contribution in [0.1, 0.15) is 43.0 Å². The van der Waals surface area contributed by atoms with Crippen molar-refractivity contribution in [2.45, 2.75) is 46.3 Å². The first kappa shape index (κ1) is 14.4. The maximum Gasteiger partial charge on any atom is 0.410 e. The number of benzene rings is 1. The third-order valence-corrected chi connectivity index (χ3v) is 3.26. The van der Waals surface area contributed by atoms with E-state index in [0.717, 1.165) is 17.5 Å². The van der Waals surface area contributed by atoms with E-state index in [2.05, 4.69) is 12.1 Å². The first-order valence-corrected chi connectivity index (χ1v) is 6.80. The number of rotatable bonds is 0. The molecule has 0 bridgehead atoms. The zero-order chi connectivity index (χ0) is 14.9. The summed E-state index contributed by atoms with van der Waals surface area (Å²) in [5.74, 6) is 0. The second kappa shape index (κ2) is 5.16. The van der Waals surface area contributed by atoms with Gasteiger partial charge >= 0.3 is 6.09 Å². The Morgan fingerprint density at radius 3 is 2.70 bits per heavy atom. The summed E-state index contributed by atoms with van der Waals surface area (Å²) in [6.07, 6.45) is 0.456. The van der Waals surface area contributed by atoms with E-state index in [0.29, 0.717) is 18.7 Å². The lowest BCUT2D eigenvalue weighted by molar-refractivity contribution is 0.0224. The van der Waals surface area contributed by atoms with Crippen LogP contribution in [0.5, 0.6) is 0 Å². The molecule has 0 N–H and O–H groups in total. The molecule has 0 spiro atoms. The van der Waals surface area contributed by atoms with Gasteiger partial charge in [-0.2, -0.15) is 5.26 Å². The number of hydrogen-bond acceptors (Lipinski definition) is 3. The van der Waals surface area contributed by atoms with Gasteiger partial charge < -0.3 is 9.64 Å². The van der Waals surface area contributed by atoms with Gasteiger partial charge in [-0.15, -0.1) is 0 Å². The topological polar surface area (TPSA) is 53.3 Å². The number of nitrogens with zero attached hydrogens (tertiary/aromatic N) is 2. The lowest BCUT2D eigenvalue weighted by Crippen LogP contribution is -2.40. The average molecular weight is 272 g/mol. The van der Waals surface area contributed by atoms with Crippen LogP contribution in [-0.2, 0) is 17.7 Å². The molecule has 0 saturated heterocycles. The molecule has 4 heteroatoms. The monoisotopic (exact) mass is 272 g/mol. The third kappa shape index (κ3) is 3.11. The summed E-state index contributed by atoms with van der Waals surface area (Å²) < 4.78 is 5.39. The van der Waals surface area contributed by atoms with Crippen molar-refractivity contribution in [3.8, 4) is 6.07 Å². The van der Waals surface area contributed by atoms with Crippen LogP contribution in [0.4, 0.5) is 4.79 Å². The van der Waals surface area contributed by atoms with Crippen molar-refractivity contribution in [2.24, 2.45) is 0 Å². The number of ether oxygens (including phenoxy) is 1. The molecule has 1 aromatic carbocycles. The van der Waals surface area contributed by atoms with Gasteiger partial charge in [-0.25, -0.2) is 4.79 Å². The predicted molar refractivity (Wildman–Crippen MR) is 76.2 cm³/mol. The minimum atomic E-state index is -0.497. The van der Waals surface area contributed by atoms with Crippen molar-refractivity contribution in [3.05, 3.63) is 34.4 Å². The fourth-order valence-electron chi connectivity index (χ4n) is 2.41. The zero-order valence-electron chi connectivity index (χ0n) is 12.5. The molecule has 0 fully saturated rings. The minimum Gasteiger partial charge on any atom is -0.444 e. The molecule has 0 unspecified atom stereocenters. The summed E-state index contributed by atoms with van der Waals surface area (Å²) in [5, 5.41) is 9.24. The molecular weight excluding hydrogens is 252 g/mol. The summed E-state index contributed by atoms with van der Waals surface area (Å²) in [4.78, 5) is 13.8. The Kier molecular flexibility index (Phi) is 3.71. The largest absolute Gasteiger partial charge is 0.444 e. The molecule has 0 atom stereocenters. The van der Waals surface area contributed by atoms with Gasteiger partial charge in [0.1, 0.15) is 5.60 Å². The molecule has 1 aliphatic rings. The Morgan fingerprint density at radius 1 is 1.40 bits per heavy atom. The Labute approximate surface area is 120 Å². The number of nitriles is 1. The van der Waals surface area contributed by atoms with Crippen molar-refractivity contribution < 1.29 is 9.53 Å². The molecule has 0 aromatic heterocycles. The minimum absolute atomic E-state index is 0.312. The van der Waals surface area contributed by atoms with Crippen LogP contribution >= 0.6 is 0 Å². The number of hydrogen-bond donors (Lipinski definition) is 0. The van der Waals surface area contributed by atoms with E-state index in [9.17, 15) is 10.1 Å². The van der Waals surface area contributed by atoms with Gasteiger partial charge in [0.05, 0.1) is 18.2 Å². The highest BCUT2D eigenvalue weighted by molar-refractivity contribution is 5.69. The highest BCUT2D eigenvalue weighted by atomic mass is 16.6. The van der Waals surface area contributed by atoms with E-state index < -0.39 is 5.60 Å². The highest BCUT2D eigenvalue weighted by Gasteiger charge is 2.27. The van der Waals surface area contributed by atoms with Crippen molar-refractivity contribution in [2.75, 3.05) is 6.54 Å². The van der Waals surface area contributed by atoms with Gasteiger partial charge in [0, 0.05) is 6.54 Å². The number of amides is 1. The maximum absolute atomic E-state index is 12.1. The van der Waals surface area contributed by atoms with Gasteiger partial charge in [0.25, 0.3) is 0 Å². The molecule has 2 rings (SSSR count). The predicted octanol–water partition coefficient (Wildman–Crippen LogP) is 3.16. The van der Waals surface area contributed by atoms with E-state index >= 15 is 0 Å². The Hall–Kier alpha value is -2.02. The van der Waals surface area contributed by atoms with Crippen LogP contribution in [0.2, 0.25) is 0 Å². The van der Waals surface area contributed by atoms with Crippen LogP contribution in [0.3, 0.4) is 0 Å². The van der Waals surface area contributed by atoms with Crippen LogP contribution in [-0.4, -0.2) is 23.1 Å². The molecule has 0 aliphatic carbocycles. The summed E-state index contributed by atoms with van der Waals surface area (Å²) in [5.41, 5.74) is 3.37. The molecule has 20 heavy (non-hydrogen) atoms. The lowest BCUT2D eigenvalue weighted by atomic mass is 9.93. The van der Waals surface area contributed by atoms with Crippen molar-refractivity contribution in [1.82, 2.24) is 4.90 Å². The smallest absolute Gasteiger partial charge is 0.410 e. The molecule has 1 aromatic rings. The van der Waals surface area contributed by atoms with Gasteiger partial charge in [-0.3, -0.25) is 0 Å². The fourth-order valence-corrected chi connectivity index (χ4v) is 2.41. The number of carbonyl (C=O) groups excluding carboxylic acids is 1. The first-order valence-electron chi connectivity index (χ1n) is 6.80. The van der Waals surface area contributed by atoms with E-state index in [1.54, 1.807) is 4.90 Å². The summed E-state index contributed by atoms with van der Waals surface area (Å²) >= 11 is 0. The molecule has 4 nitrogen and oxygen atoms in total. The van der Waals surface area contributed by atoms with Gasteiger partial charge in [0.2, 0.25) is 0 Å². The summed E-state index contributed by atoms with van der Waals surface area (Å²) in [6.45, 7) is 8.64. The Bertz CT molecular complexity index is 579. The van der Waals surface area contributed by atoms with E-state index in [4.69, 9.17) is 4.74 Å². The molecule has 1 amide bonds. The SMILES string of the molecule is Cc1cc(C#N)c2c(c1)CCN(C(=O)OC(C)(C)C)C2. The van der Waals surface area contributed by atoms with E-state index in [1.807, 2.05) is 33.8 Å². The molecule has 0 radical (unpaired) electrons. The first-order chi connectivity index (χ1) is 9.30. The molecular formula is C16H20N2O2. The normalized spacial score (nSPS) is 14.4. The van der Waals surface area contributed by atoms with Gasteiger partial charge in [0.15, 0.2) is 0 Å². The Morgan fingerprint density at radius 2 is 2.10 bits per heavy atom. The van der Waals surface area contributed by atoms with E-state index in [-0.39, 0.29) is 6.09 Å². The molecule has 0 saturated carbocycles. The van der Waals surface area contributed by atoms with Crippen LogP contribution in [0.15, 0.2) is 12.1 Å². The van der Waals surface area contributed by atoms with Crippen molar-refractivity contribution in [1.29, 1.82) is 5.26 Å². The number of fused-ring (bicyclic) bond motifs is 1. The summed E-state index contributed by atoms with van der Waals surface area (Å²) in [6, 6.07) is 6.20. The van der Waals surface area contributed by atoms with Crippen molar-refractivity contribution >= 4 is 6.09 Å². The second-order valence-corrected chi connectivity index (χ2v) is 6.21. The lowest BCUT2D eigenvalue weighted by Gasteiger charge is -2.31.